The molecule has 1 saturated heterocycles. The molecule has 0 aromatic heterocycles. The summed E-state index contributed by atoms with van der Waals surface area (Å²) in [6, 6.07) is 8.12. The van der Waals surface area contributed by atoms with Gasteiger partial charge in [-0.1, -0.05) is 17.9 Å². The lowest BCUT2D eigenvalue weighted by Gasteiger charge is -2.24. The summed E-state index contributed by atoms with van der Waals surface area (Å²) in [5, 5.41) is 3.35. The molecule has 1 saturated carbocycles. The lowest BCUT2D eigenvalue weighted by Crippen LogP contribution is -2.43. The quantitative estimate of drug-likeness (QED) is 0.829. The summed E-state index contributed by atoms with van der Waals surface area (Å²) in [6.45, 7) is 5.20. The molecule has 2 fully saturated rings. The second kappa shape index (κ2) is 6.10. The molecular formula is C16H20N2O. The molecule has 1 aromatic rings. The van der Waals surface area contributed by atoms with Gasteiger partial charge < -0.3 is 10.1 Å². The van der Waals surface area contributed by atoms with E-state index in [4.69, 9.17) is 4.74 Å². The summed E-state index contributed by atoms with van der Waals surface area (Å²) in [6.07, 6.45) is 2.83. The SMILES string of the molecule is C(#Cc1cccc(OC2CC2)c1)CN1CCNCC1. The van der Waals surface area contributed by atoms with Crippen LogP contribution in [-0.4, -0.2) is 43.7 Å². The highest BCUT2D eigenvalue weighted by atomic mass is 16.5. The lowest BCUT2D eigenvalue weighted by atomic mass is 10.2. The monoisotopic (exact) mass is 256 g/mol. The standard InChI is InChI=1S/C16H20N2O/c1-3-14(13-16(5-1)19-15-6-7-15)4-2-10-18-11-8-17-9-12-18/h1,3,5,13,15,17H,6-12H2. The number of ether oxygens (including phenoxy) is 1. The Morgan fingerprint density at radius 2 is 2.11 bits per heavy atom. The zero-order valence-electron chi connectivity index (χ0n) is 11.2. The average molecular weight is 256 g/mol. The number of nitrogens with zero attached hydrogens (tertiary/aromatic N) is 1. The van der Waals surface area contributed by atoms with Crippen molar-refractivity contribution in [3.05, 3.63) is 29.8 Å². The van der Waals surface area contributed by atoms with E-state index in [2.05, 4.69) is 22.1 Å². The maximum Gasteiger partial charge on any atom is 0.120 e. The van der Waals surface area contributed by atoms with Crippen LogP contribution in [0.25, 0.3) is 0 Å². The lowest BCUT2D eigenvalue weighted by molar-refractivity contribution is 0.268. The van der Waals surface area contributed by atoms with Crippen LogP contribution in [0, 0.1) is 11.8 Å². The van der Waals surface area contributed by atoms with Crippen molar-refractivity contribution in [3.8, 4) is 17.6 Å². The Morgan fingerprint density at radius 1 is 1.26 bits per heavy atom. The van der Waals surface area contributed by atoms with Gasteiger partial charge in [0.05, 0.1) is 12.6 Å². The minimum Gasteiger partial charge on any atom is -0.490 e. The first-order chi connectivity index (χ1) is 9.40. The van der Waals surface area contributed by atoms with Gasteiger partial charge in [0.25, 0.3) is 0 Å². The van der Waals surface area contributed by atoms with Crippen molar-refractivity contribution in [1.29, 1.82) is 0 Å². The Hall–Kier alpha value is -1.50. The fourth-order valence-electron chi connectivity index (χ4n) is 2.15. The fraction of sp³-hybridized carbons (Fsp3) is 0.500. The summed E-state index contributed by atoms with van der Waals surface area (Å²) in [5.41, 5.74) is 1.05. The minimum absolute atomic E-state index is 0.448. The molecule has 0 atom stereocenters. The van der Waals surface area contributed by atoms with Crippen molar-refractivity contribution in [1.82, 2.24) is 10.2 Å². The van der Waals surface area contributed by atoms with Crippen LogP contribution >= 0.6 is 0 Å². The van der Waals surface area contributed by atoms with Crippen LogP contribution in [0.2, 0.25) is 0 Å². The average Bonchev–Trinajstić information content (AvgIpc) is 3.24. The zero-order valence-corrected chi connectivity index (χ0v) is 11.2. The molecule has 3 nitrogen and oxygen atoms in total. The van der Waals surface area contributed by atoms with Crippen LogP contribution in [0.1, 0.15) is 18.4 Å². The molecule has 1 N–H and O–H groups in total. The summed E-state index contributed by atoms with van der Waals surface area (Å²) in [4.78, 5) is 2.38. The van der Waals surface area contributed by atoms with E-state index in [1.165, 1.54) is 12.8 Å². The first kappa shape index (κ1) is 12.5. The van der Waals surface area contributed by atoms with E-state index in [-0.39, 0.29) is 0 Å². The Bertz CT molecular complexity index is 479. The topological polar surface area (TPSA) is 24.5 Å². The maximum absolute atomic E-state index is 5.78. The number of hydrogen-bond acceptors (Lipinski definition) is 3. The molecule has 1 aromatic carbocycles. The van der Waals surface area contributed by atoms with Gasteiger partial charge in [-0.25, -0.2) is 0 Å². The third kappa shape index (κ3) is 3.99. The predicted octanol–water partition coefficient (Wildman–Crippen LogP) is 1.48. The molecule has 3 rings (SSSR count). The normalized spacial score (nSPS) is 19.6. The summed E-state index contributed by atoms with van der Waals surface area (Å²) in [7, 11) is 0. The minimum atomic E-state index is 0.448. The predicted molar refractivity (Wildman–Crippen MR) is 76.3 cm³/mol. The molecular weight excluding hydrogens is 236 g/mol. The Morgan fingerprint density at radius 3 is 2.89 bits per heavy atom. The molecule has 19 heavy (non-hydrogen) atoms. The number of hydrogen-bond donors (Lipinski definition) is 1. The highest BCUT2D eigenvalue weighted by Gasteiger charge is 2.23. The highest BCUT2D eigenvalue weighted by molar-refractivity contribution is 5.40. The Kier molecular flexibility index (Phi) is 4.02. The molecule has 0 bridgehead atoms. The molecule has 1 aliphatic heterocycles. The molecule has 0 amide bonds. The number of nitrogens with one attached hydrogen (secondary N) is 1. The van der Waals surface area contributed by atoms with E-state index in [1.807, 2.05) is 24.3 Å². The highest BCUT2D eigenvalue weighted by Crippen LogP contribution is 2.26. The maximum atomic E-state index is 5.78. The van der Waals surface area contributed by atoms with Crippen molar-refractivity contribution in [3.63, 3.8) is 0 Å². The van der Waals surface area contributed by atoms with Crippen LogP contribution in [0.15, 0.2) is 24.3 Å². The van der Waals surface area contributed by atoms with Crippen molar-refractivity contribution in [2.75, 3.05) is 32.7 Å². The fourth-order valence-corrected chi connectivity index (χ4v) is 2.15. The second-order valence-corrected chi connectivity index (χ2v) is 5.17. The van der Waals surface area contributed by atoms with Crippen LogP contribution in [0.5, 0.6) is 5.75 Å². The summed E-state index contributed by atoms with van der Waals surface area (Å²) in [5.74, 6) is 7.45. The summed E-state index contributed by atoms with van der Waals surface area (Å²) >= 11 is 0. The van der Waals surface area contributed by atoms with Crippen molar-refractivity contribution < 1.29 is 4.74 Å². The van der Waals surface area contributed by atoms with Gasteiger partial charge in [-0.15, -0.1) is 0 Å². The molecule has 2 aliphatic rings. The van der Waals surface area contributed by atoms with Gasteiger partial charge >= 0.3 is 0 Å². The van der Waals surface area contributed by atoms with Gasteiger partial charge in [0.1, 0.15) is 5.75 Å². The van der Waals surface area contributed by atoms with E-state index in [0.29, 0.717) is 6.10 Å². The largest absolute Gasteiger partial charge is 0.490 e. The van der Waals surface area contributed by atoms with E-state index < -0.39 is 0 Å². The Labute approximate surface area is 114 Å². The first-order valence-corrected chi connectivity index (χ1v) is 7.09. The van der Waals surface area contributed by atoms with E-state index in [9.17, 15) is 0 Å². The molecule has 1 aliphatic carbocycles. The van der Waals surface area contributed by atoms with Crippen LogP contribution in [0.3, 0.4) is 0 Å². The van der Waals surface area contributed by atoms with Crippen LogP contribution < -0.4 is 10.1 Å². The molecule has 1 heterocycles. The molecule has 0 spiro atoms. The van der Waals surface area contributed by atoms with E-state index in [1.54, 1.807) is 0 Å². The van der Waals surface area contributed by atoms with Gasteiger partial charge in [-0.2, -0.15) is 0 Å². The number of benzene rings is 1. The zero-order chi connectivity index (χ0) is 12.9. The third-order valence-electron chi connectivity index (χ3n) is 3.41. The van der Waals surface area contributed by atoms with Crippen LogP contribution in [-0.2, 0) is 0 Å². The van der Waals surface area contributed by atoms with Crippen molar-refractivity contribution in [2.45, 2.75) is 18.9 Å². The van der Waals surface area contributed by atoms with Gasteiger partial charge in [0.15, 0.2) is 0 Å². The van der Waals surface area contributed by atoms with Gasteiger partial charge in [0, 0.05) is 31.7 Å². The van der Waals surface area contributed by atoms with Gasteiger partial charge in [0.2, 0.25) is 0 Å². The van der Waals surface area contributed by atoms with Gasteiger partial charge in [-0.3, -0.25) is 4.90 Å². The van der Waals surface area contributed by atoms with Crippen molar-refractivity contribution >= 4 is 0 Å². The van der Waals surface area contributed by atoms with Gasteiger partial charge in [-0.05, 0) is 31.0 Å². The molecule has 100 valence electrons. The first-order valence-electron chi connectivity index (χ1n) is 7.09. The molecule has 3 heteroatoms. The molecule has 0 radical (unpaired) electrons. The third-order valence-corrected chi connectivity index (χ3v) is 3.41. The number of piperazine rings is 1. The Balaban J connectivity index is 1.56. The van der Waals surface area contributed by atoms with E-state index >= 15 is 0 Å². The second-order valence-electron chi connectivity index (χ2n) is 5.17. The number of rotatable bonds is 3. The summed E-state index contributed by atoms with van der Waals surface area (Å²) < 4.78 is 5.78. The van der Waals surface area contributed by atoms with Crippen molar-refractivity contribution in [2.24, 2.45) is 0 Å². The van der Waals surface area contributed by atoms with E-state index in [0.717, 1.165) is 44.0 Å². The molecule has 0 unspecified atom stereocenters. The van der Waals surface area contributed by atoms with Crippen LogP contribution in [0.4, 0.5) is 0 Å². The smallest absolute Gasteiger partial charge is 0.120 e.